The lowest BCUT2D eigenvalue weighted by Gasteiger charge is -2.34. The van der Waals surface area contributed by atoms with Gasteiger partial charge in [-0.3, -0.25) is 0 Å². The van der Waals surface area contributed by atoms with E-state index in [0.29, 0.717) is 11.7 Å². The summed E-state index contributed by atoms with van der Waals surface area (Å²) < 4.78 is 1.58. The van der Waals surface area contributed by atoms with Crippen molar-refractivity contribution in [2.45, 2.75) is 32.7 Å². The van der Waals surface area contributed by atoms with Gasteiger partial charge in [0.05, 0.1) is 13.1 Å². The van der Waals surface area contributed by atoms with Gasteiger partial charge in [0.2, 0.25) is 10.8 Å². The number of aromatic hydroxyl groups is 1. The van der Waals surface area contributed by atoms with Crippen molar-refractivity contribution >= 4 is 16.3 Å². The molecule has 0 amide bonds. The van der Waals surface area contributed by atoms with Gasteiger partial charge in [-0.25, -0.2) is 4.98 Å². The third-order valence-corrected chi connectivity index (χ3v) is 6.00. The van der Waals surface area contributed by atoms with Crippen LogP contribution in [0.4, 0.5) is 0 Å². The zero-order valence-electron chi connectivity index (χ0n) is 14.1. The van der Waals surface area contributed by atoms with E-state index in [9.17, 15) is 5.11 Å². The van der Waals surface area contributed by atoms with Crippen molar-refractivity contribution < 1.29 is 10.0 Å². The maximum atomic E-state index is 10.8. The number of aryl methyl sites for hydroxylation is 1. The Morgan fingerprint density at radius 2 is 2.12 bits per heavy atom. The standard InChI is InChI=1S/C18H22N4OS/c1-12-7-6-10-21(11-12)15(14-8-4-3-5-9-14)16-17(23)22-18(24-16)19-13(2)20-22/h3-5,8-9,12,15,23H,6-7,10-11H2,1-2H3/p+1/t12-,15+/m0/s1. The molecule has 0 bridgehead atoms. The first-order chi connectivity index (χ1) is 11.6. The second kappa shape index (κ2) is 6.18. The van der Waals surface area contributed by atoms with Crippen LogP contribution in [0.5, 0.6) is 5.88 Å². The second-order valence-corrected chi connectivity index (χ2v) is 7.86. The minimum Gasteiger partial charge on any atom is -0.492 e. The first kappa shape index (κ1) is 15.6. The predicted molar refractivity (Wildman–Crippen MR) is 94.6 cm³/mol. The van der Waals surface area contributed by atoms with Gasteiger partial charge in [0.15, 0.2) is 6.04 Å². The molecule has 0 radical (unpaired) electrons. The molecular weight excluding hydrogens is 320 g/mol. The summed E-state index contributed by atoms with van der Waals surface area (Å²) in [5.74, 6) is 1.65. The van der Waals surface area contributed by atoms with Crippen molar-refractivity contribution in [1.82, 2.24) is 14.6 Å². The third kappa shape index (κ3) is 2.70. The Balaban J connectivity index is 1.81. The van der Waals surface area contributed by atoms with E-state index in [-0.39, 0.29) is 11.9 Å². The summed E-state index contributed by atoms with van der Waals surface area (Å²) in [6, 6.07) is 10.7. The average Bonchev–Trinajstić information content (AvgIpc) is 3.07. The first-order valence-electron chi connectivity index (χ1n) is 8.58. The Labute approximate surface area is 145 Å². The van der Waals surface area contributed by atoms with Crippen LogP contribution in [0.1, 0.15) is 42.1 Å². The van der Waals surface area contributed by atoms with Crippen molar-refractivity contribution in [3.63, 3.8) is 0 Å². The Bertz CT molecular complexity index is 841. The molecule has 126 valence electrons. The smallest absolute Gasteiger partial charge is 0.235 e. The minimum absolute atomic E-state index is 0.141. The fourth-order valence-electron chi connectivity index (χ4n) is 3.85. The predicted octanol–water partition coefficient (Wildman–Crippen LogP) is 2.21. The van der Waals surface area contributed by atoms with Crippen LogP contribution in [0.25, 0.3) is 4.96 Å². The summed E-state index contributed by atoms with van der Waals surface area (Å²) >= 11 is 1.56. The summed E-state index contributed by atoms with van der Waals surface area (Å²) in [6.45, 7) is 6.44. The average molecular weight is 343 g/mol. The highest BCUT2D eigenvalue weighted by molar-refractivity contribution is 7.17. The molecule has 2 aromatic heterocycles. The molecule has 1 aliphatic rings. The summed E-state index contributed by atoms with van der Waals surface area (Å²) in [5, 5.41) is 15.1. The molecule has 2 N–H and O–H groups in total. The van der Waals surface area contributed by atoms with Crippen molar-refractivity contribution in [2.24, 2.45) is 5.92 Å². The van der Waals surface area contributed by atoms with E-state index in [1.807, 2.05) is 13.0 Å². The first-order valence-corrected chi connectivity index (χ1v) is 9.39. The number of fused-ring (bicyclic) bond motifs is 1. The van der Waals surface area contributed by atoms with Gasteiger partial charge >= 0.3 is 0 Å². The summed E-state index contributed by atoms with van der Waals surface area (Å²) in [6.07, 6.45) is 2.53. The maximum absolute atomic E-state index is 10.8. The quantitative estimate of drug-likeness (QED) is 0.767. The number of hydrogen-bond donors (Lipinski definition) is 2. The maximum Gasteiger partial charge on any atom is 0.235 e. The van der Waals surface area contributed by atoms with Crippen molar-refractivity contribution in [2.75, 3.05) is 13.1 Å². The number of benzene rings is 1. The Hall–Kier alpha value is -1.92. The van der Waals surface area contributed by atoms with E-state index in [1.54, 1.807) is 15.9 Å². The Kier molecular flexibility index (Phi) is 4.02. The van der Waals surface area contributed by atoms with Gasteiger partial charge in [0.1, 0.15) is 10.7 Å². The summed E-state index contributed by atoms with van der Waals surface area (Å²) in [7, 11) is 0. The highest BCUT2D eigenvalue weighted by atomic mass is 32.1. The van der Waals surface area contributed by atoms with Gasteiger partial charge in [-0.05, 0) is 19.8 Å². The fourth-order valence-corrected chi connectivity index (χ4v) is 5.03. The lowest BCUT2D eigenvalue weighted by Crippen LogP contribution is -3.13. The molecule has 1 saturated heterocycles. The lowest BCUT2D eigenvalue weighted by molar-refractivity contribution is -0.933. The number of likely N-dealkylation sites (tertiary alicyclic amines) is 1. The van der Waals surface area contributed by atoms with Crippen LogP contribution in [0.2, 0.25) is 0 Å². The third-order valence-electron chi connectivity index (χ3n) is 4.91. The number of nitrogens with zero attached hydrogens (tertiary/aromatic N) is 3. The number of hydrogen-bond acceptors (Lipinski definition) is 4. The van der Waals surface area contributed by atoms with Gasteiger partial charge in [0.25, 0.3) is 0 Å². The number of rotatable bonds is 3. The highest BCUT2D eigenvalue weighted by Gasteiger charge is 2.34. The van der Waals surface area contributed by atoms with Crippen LogP contribution in [0.3, 0.4) is 0 Å². The number of piperidine rings is 1. The molecule has 3 aromatic rings. The van der Waals surface area contributed by atoms with E-state index in [0.717, 1.165) is 22.9 Å². The molecule has 3 atom stereocenters. The largest absolute Gasteiger partial charge is 0.492 e. The van der Waals surface area contributed by atoms with Gasteiger partial charge in [-0.1, -0.05) is 48.6 Å². The fraction of sp³-hybridized carbons (Fsp3) is 0.444. The van der Waals surface area contributed by atoms with Crippen LogP contribution in [-0.2, 0) is 0 Å². The van der Waals surface area contributed by atoms with Crippen LogP contribution in [0, 0.1) is 12.8 Å². The summed E-state index contributed by atoms with van der Waals surface area (Å²) in [5.41, 5.74) is 1.25. The molecule has 4 rings (SSSR count). The molecule has 1 aliphatic heterocycles. The molecule has 1 unspecified atom stereocenters. The van der Waals surface area contributed by atoms with E-state index in [2.05, 4.69) is 41.3 Å². The second-order valence-electron chi connectivity index (χ2n) is 6.85. The SMILES string of the molecule is Cc1nc2sc([C@@H](c3ccccc3)[NH+]3CCC[C@H](C)C3)c(O)n2n1. The number of aromatic nitrogens is 3. The molecule has 1 aromatic carbocycles. The monoisotopic (exact) mass is 343 g/mol. The van der Waals surface area contributed by atoms with Gasteiger partial charge in [-0.15, -0.1) is 5.10 Å². The molecule has 0 aliphatic carbocycles. The van der Waals surface area contributed by atoms with E-state index < -0.39 is 0 Å². The van der Waals surface area contributed by atoms with Gasteiger partial charge < -0.3 is 10.0 Å². The molecule has 1 fully saturated rings. The normalized spacial score (nSPS) is 22.8. The number of quaternary nitrogens is 1. The Morgan fingerprint density at radius 3 is 2.83 bits per heavy atom. The molecule has 6 heteroatoms. The Morgan fingerprint density at radius 1 is 1.33 bits per heavy atom. The van der Waals surface area contributed by atoms with Crippen molar-refractivity contribution in [1.29, 1.82) is 0 Å². The summed E-state index contributed by atoms with van der Waals surface area (Å²) in [4.78, 5) is 7.70. The van der Waals surface area contributed by atoms with Crippen LogP contribution in [0.15, 0.2) is 30.3 Å². The van der Waals surface area contributed by atoms with E-state index >= 15 is 0 Å². The van der Waals surface area contributed by atoms with Crippen LogP contribution < -0.4 is 4.90 Å². The molecule has 0 saturated carbocycles. The topological polar surface area (TPSA) is 54.9 Å². The minimum atomic E-state index is 0.141. The van der Waals surface area contributed by atoms with Gasteiger partial charge in [-0.2, -0.15) is 4.52 Å². The van der Waals surface area contributed by atoms with Crippen LogP contribution in [-0.4, -0.2) is 32.8 Å². The van der Waals surface area contributed by atoms with Crippen LogP contribution >= 0.6 is 11.3 Å². The van der Waals surface area contributed by atoms with Gasteiger partial charge in [0, 0.05) is 11.5 Å². The molecular formula is C18H23N4OS+. The van der Waals surface area contributed by atoms with E-state index in [4.69, 9.17) is 0 Å². The van der Waals surface area contributed by atoms with Crippen molar-refractivity contribution in [3.05, 3.63) is 46.6 Å². The lowest BCUT2D eigenvalue weighted by atomic mass is 9.95. The zero-order chi connectivity index (χ0) is 16.7. The molecule has 24 heavy (non-hydrogen) atoms. The number of thiazole rings is 1. The molecule has 0 spiro atoms. The molecule has 5 nitrogen and oxygen atoms in total. The van der Waals surface area contributed by atoms with Crippen molar-refractivity contribution in [3.8, 4) is 5.88 Å². The molecule has 3 heterocycles. The number of nitrogens with one attached hydrogen (secondary N) is 1. The van der Waals surface area contributed by atoms with E-state index in [1.165, 1.54) is 23.3 Å². The zero-order valence-corrected chi connectivity index (χ0v) is 14.9. The highest BCUT2D eigenvalue weighted by Crippen LogP contribution is 2.35.